The molecule has 1 atom stereocenters. The van der Waals surface area contributed by atoms with Gasteiger partial charge in [-0.25, -0.2) is 0 Å². The number of nitrogen functional groups attached to an aromatic ring is 1. The van der Waals surface area contributed by atoms with E-state index in [0.717, 1.165) is 6.54 Å². The first kappa shape index (κ1) is 11.3. The van der Waals surface area contributed by atoms with Crippen LogP contribution in [0.3, 0.4) is 0 Å². The fourth-order valence-electron chi connectivity index (χ4n) is 1.81. The molecule has 1 heterocycles. The molecule has 0 aromatic heterocycles. The Hall–Kier alpha value is -1.16. The van der Waals surface area contributed by atoms with Crippen molar-refractivity contribution in [2.24, 2.45) is 0 Å². The lowest BCUT2D eigenvalue weighted by Gasteiger charge is -2.11. The van der Waals surface area contributed by atoms with Crippen LogP contribution in [0.25, 0.3) is 0 Å². The van der Waals surface area contributed by atoms with Crippen molar-refractivity contribution in [3.63, 3.8) is 0 Å². The summed E-state index contributed by atoms with van der Waals surface area (Å²) < 4.78 is 0. The third-order valence-electron chi connectivity index (χ3n) is 2.72. The molecule has 1 fully saturated rings. The second-order valence-electron chi connectivity index (χ2n) is 3.93. The summed E-state index contributed by atoms with van der Waals surface area (Å²) in [7, 11) is 0. The van der Waals surface area contributed by atoms with Gasteiger partial charge < -0.3 is 11.1 Å². The van der Waals surface area contributed by atoms with Gasteiger partial charge in [0, 0.05) is 17.5 Å². The van der Waals surface area contributed by atoms with Gasteiger partial charge in [0.1, 0.15) is 0 Å². The lowest BCUT2D eigenvalue weighted by atomic mass is 10.1. The molecule has 3 N–H and O–H groups in total. The molecule has 1 aliphatic rings. The largest absolute Gasteiger partial charge is 0.398 e. The maximum absolute atomic E-state index is 11.8. The Morgan fingerprint density at radius 1 is 1.50 bits per heavy atom. The standard InChI is InChI=1S/C12H16N2OS/c13-11-6-2-1-5-10(11)12(15)14-8-9-4-3-7-16-9/h1-2,5-6,9H,3-4,7-8,13H2,(H,14,15). The van der Waals surface area contributed by atoms with E-state index in [0.29, 0.717) is 16.5 Å². The van der Waals surface area contributed by atoms with Crippen molar-refractivity contribution >= 4 is 23.4 Å². The van der Waals surface area contributed by atoms with E-state index in [2.05, 4.69) is 5.32 Å². The molecule has 1 amide bonds. The van der Waals surface area contributed by atoms with Gasteiger partial charge in [-0.2, -0.15) is 11.8 Å². The Balaban J connectivity index is 1.90. The molecule has 0 aliphatic carbocycles. The Kier molecular flexibility index (Phi) is 3.72. The molecule has 86 valence electrons. The van der Waals surface area contributed by atoms with Crippen LogP contribution in [0.4, 0.5) is 5.69 Å². The maximum atomic E-state index is 11.8. The molecule has 0 bridgehead atoms. The van der Waals surface area contributed by atoms with E-state index in [9.17, 15) is 4.79 Å². The molecular weight excluding hydrogens is 220 g/mol. The number of hydrogen-bond acceptors (Lipinski definition) is 3. The van der Waals surface area contributed by atoms with E-state index in [1.807, 2.05) is 23.9 Å². The lowest BCUT2D eigenvalue weighted by Crippen LogP contribution is -2.30. The zero-order valence-corrected chi connectivity index (χ0v) is 9.93. The number of carbonyl (C=O) groups excluding carboxylic acids is 1. The Bertz CT molecular complexity index is 375. The van der Waals surface area contributed by atoms with Crippen molar-refractivity contribution in [2.75, 3.05) is 18.0 Å². The molecule has 1 aromatic rings. The molecule has 0 saturated carbocycles. The van der Waals surface area contributed by atoms with Gasteiger partial charge in [0.05, 0.1) is 5.56 Å². The normalized spacial score (nSPS) is 19.6. The number of thioether (sulfide) groups is 1. The van der Waals surface area contributed by atoms with E-state index < -0.39 is 0 Å². The van der Waals surface area contributed by atoms with E-state index in [-0.39, 0.29) is 5.91 Å². The first-order valence-electron chi connectivity index (χ1n) is 5.51. The van der Waals surface area contributed by atoms with Crippen LogP contribution in [0.15, 0.2) is 24.3 Å². The fourth-order valence-corrected chi connectivity index (χ4v) is 3.01. The van der Waals surface area contributed by atoms with Gasteiger partial charge >= 0.3 is 0 Å². The quantitative estimate of drug-likeness (QED) is 0.788. The Morgan fingerprint density at radius 2 is 2.31 bits per heavy atom. The number of para-hydroxylation sites is 1. The Labute approximate surface area is 99.8 Å². The van der Waals surface area contributed by atoms with Crippen LogP contribution in [0.2, 0.25) is 0 Å². The maximum Gasteiger partial charge on any atom is 0.253 e. The van der Waals surface area contributed by atoms with Crippen molar-refractivity contribution in [3.8, 4) is 0 Å². The van der Waals surface area contributed by atoms with Gasteiger partial charge in [-0.05, 0) is 30.7 Å². The number of nitrogens with one attached hydrogen (secondary N) is 1. The van der Waals surface area contributed by atoms with Gasteiger partial charge in [-0.1, -0.05) is 12.1 Å². The molecule has 1 unspecified atom stereocenters. The van der Waals surface area contributed by atoms with Gasteiger partial charge in [-0.15, -0.1) is 0 Å². The first-order valence-corrected chi connectivity index (χ1v) is 6.56. The SMILES string of the molecule is Nc1ccccc1C(=O)NCC1CCCS1. The fraction of sp³-hybridized carbons (Fsp3) is 0.417. The molecule has 1 aliphatic heterocycles. The number of benzene rings is 1. The van der Waals surface area contributed by atoms with Crippen LogP contribution in [0, 0.1) is 0 Å². The summed E-state index contributed by atoms with van der Waals surface area (Å²) >= 11 is 1.94. The van der Waals surface area contributed by atoms with E-state index in [4.69, 9.17) is 5.73 Å². The number of amides is 1. The predicted molar refractivity (Wildman–Crippen MR) is 68.7 cm³/mol. The van der Waals surface area contributed by atoms with Crippen LogP contribution in [-0.4, -0.2) is 23.5 Å². The van der Waals surface area contributed by atoms with E-state index >= 15 is 0 Å². The van der Waals surface area contributed by atoms with Gasteiger partial charge in [0.2, 0.25) is 0 Å². The van der Waals surface area contributed by atoms with Gasteiger partial charge in [0.15, 0.2) is 0 Å². The molecule has 16 heavy (non-hydrogen) atoms. The summed E-state index contributed by atoms with van der Waals surface area (Å²) in [5.74, 6) is 1.15. The highest BCUT2D eigenvalue weighted by molar-refractivity contribution is 8.00. The highest BCUT2D eigenvalue weighted by Gasteiger charge is 2.17. The summed E-state index contributed by atoms with van der Waals surface area (Å²) in [5.41, 5.74) is 6.85. The van der Waals surface area contributed by atoms with Crippen molar-refractivity contribution < 1.29 is 4.79 Å². The summed E-state index contributed by atoms with van der Waals surface area (Å²) in [5, 5.41) is 3.52. The van der Waals surface area contributed by atoms with Crippen LogP contribution in [0.5, 0.6) is 0 Å². The van der Waals surface area contributed by atoms with Crippen LogP contribution < -0.4 is 11.1 Å². The van der Waals surface area contributed by atoms with E-state index in [1.165, 1.54) is 18.6 Å². The van der Waals surface area contributed by atoms with Gasteiger partial charge in [-0.3, -0.25) is 4.79 Å². The average molecular weight is 236 g/mol. The summed E-state index contributed by atoms with van der Waals surface area (Å²) in [4.78, 5) is 11.8. The summed E-state index contributed by atoms with van der Waals surface area (Å²) in [6.45, 7) is 0.748. The first-order chi connectivity index (χ1) is 7.77. The average Bonchev–Trinajstić information content (AvgIpc) is 2.79. The van der Waals surface area contributed by atoms with Crippen molar-refractivity contribution in [1.82, 2.24) is 5.32 Å². The van der Waals surface area contributed by atoms with Crippen molar-refractivity contribution in [1.29, 1.82) is 0 Å². The molecular formula is C12H16N2OS. The predicted octanol–water partition coefficient (Wildman–Crippen LogP) is 1.89. The van der Waals surface area contributed by atoms with Crippen molar-refractivity contribution in [3.05, 3.63) is 29.8 Å². The highest BCUT2D eigenvalue weighted by Crippen LogP contribution is 2.25. The summed E-state index contributed by atoms with van der Waals surface area (Å²) in [6, 6.07) is 7.17. The topological polar surface area (TPSA) is 55.1 Å². The minimum atomic E-state index is -0.0643. The molecule has 4 heteroatoms. The lowest BCUT2D eigenvalue weighted by molar-refractivity contribution is 0.0954. The number of rotatable bonds is 3. The minimum Gasteiger partial charge on any atom is -0.398 e. The minimum absolute atomic E-state index is 0.0643. The molecule has 0 spiro atoms. The zero-order chi connectivity index (χ0) is 11.4. The van der Waals surface area contributed by atoms with Crippen LogP contribution in [0.1, 0.15) is 23.2 Å². The molecule has 3 nitrogen and oxygen atoms in total. The smallest absolute Gasteiger partial charge is 0.253 e. The molecule has 2 rings (SSSR count). The number of hydrogen-bond donors (Lipinski definition) is 2. The Morgan fingerprint density at radius 3 is 3.00 bits per heavy atom. The second-order valence-corrected chi connectivity index (χ2v) is 5.34. The van der Waals surface area contributed by atoms with E-state index in [1.54, 1.807) is 12.1 Å². The number of carbonyl (C=O) groups is 1. The third-order valence-corrected chi connectivity index (χ3v) is 4.12. The molecule has 0 radical (unpaired) electrons. The van der Waals surface area contributed by atoms with Crippen molar-refractivity contribution in [2.45, 2.75) is 18.1 Å². The van der Waals surface area contributed by atoms with Crippen LogP contribution in [-0.2, 0) is 0 Å². The second kappa shape index (κ2) is 5.25. The van der Waals surface area contributed by atoms with Gasteiger partial charge in [0.25, 0.3) is 5.91 Å². The zero-order valence-electron chi connectivity index (χ0n) is 9.11. The molecule has 1 saturated heterocycles. The number of nitrogens with two attached hydrogens (primary N) is 1. The molecule has 1 aromatic carbocycles. The highest BCUT2D eigenvalue weighted by atomic mass is 32.2. The monoisotopic (exact) mass is 236 g/mol. The van der Waals surface area contributed by atoms with Crippen LogP contribution >= 0.6 is 11.8 Å². The third kappa shape index (κ3) is 2.70. The summed E-state index contributed by atoms with van der Waals surface area (Å²) in [6.07, 6.45) is 2.47. The number of anilines is 1.